The topological polar surface area (TPSA) is 53.9 Å². The van der Waals surface area contributed by atoms with Gasteiger partial charge in [0, 0.05) is 45.0 Å². The van der Waals surface area contributed by atoms with Crippen LogP contribution >= 0.6 is 27.5 Å². The van der Waals surface area contributed by atoms with Crippen LogP contribution in [0.25, 0.3) is 0 Å². The van der Waals surface area contributed by atoms with Gasteiger partial charge in [0.15, 0.2) is 0 Å². The van der Waals surface area contributed by atoms with Gasteiger partial charge in [-0.3, -0.25) is 4.79 Å². The van der Waals surface area contributed by atoms with E-state index in [4.69, 9.17) is 16.3 Å². The molecule has 3 aromatic carbocycles. The van der Waals surface area contributed by atoms with Crippen LogP contribution in [0, 0.1) is 0 Å². The van der Waals surface area contributed by atoms with Crippen molar-refractivity contribution >= 4 is 45.3 Å². The normalized spacial score (nSPS) is 13.5. The zero-order chi connectivity index (χ0) is 22.3. The molecule has 0 aromatic heterocycles. The van der Waals surface area contributed by atoms with E-state index in [0.717, 1.165) is 34.4 Å². The first-order valence-corrected chi connectivity index (χ1v) is 11.6. The fourth-order valence-corrected chi connectivity index (χ4v) is 4.12. The van der Waals surface area contributed by atoms with E-state index in [1.807, 2.05) is 66.7 Å². The van der Waals surface area contributed by atoms with Crippen molar-refractivity contribution in [1.29, 1.82) is 0 Å². The van der Waals surface area contributed by atoms with Crippen molar-refractivity contribution in [2.75, 3.05) is 18.0 Å². The molecule has 32 heavy (non-hydrogen) atoms. The highest BCUT2D eigenvalue weighted by molar-refractivity contribution is 9.10. The van der Waals surface area contributed by atoms with Crippen molar-refractivity contribution in [3.8, 4) is 5.75 Å². The van der Waals surface area contributed by atoms with Crippen LogP contribution in [-0.2, 0) is 6.61 Å². The van der Waals surface area contributed by atoms with Crippen LogP contribution in [0.1, 0.15) is 34.3 Å². The van der Waals surface area contributed by atoms with Crippen LogP contribution in [0.15, 0.2) is 76.3 Å². The van der Waals surface area contributed by atoms with E-state index in [2.05, 4.69) is 31.4 Å². The van der Waals surface area contributed by atoms with Gasteiger partial charge < -0.3 is 9.64 Å². The predicted octanol–water partition coefficient (Wildman–Crippen LogP) is 6.05. The lowest BCUT2D eigenvalue weighted by Gasteiger charge is -2.17. The number of amides is 1. The largest absolute Gasteiger partial charge is 0.488 e. The molecule has 5 nitrogen and oxygen atoms in total. The number of hydrogen-bond donors (Lipinski definition) is 1. The minimum absolute atomic E-state index is 0.261. The molecular formula is C25H23BrClN3O2. The Morgan fingerprint density at radius 1 is 1.09 bits per heavy atom. The standard InChI is InChI=1S/C25H23BrClN3O2/c26-21-9-12-24(32-17-19-5-1-2-6-23(19)27)20(15-21)16-28-29-25(31)18-7-10-22(11-8-18)30-13-3-4-14-30/h1-2,5-12,15-16H,3-4,13-14,17H2,(H,29,31)/b28-16-. The average Bonchev–Trinajstić information content (AvgIpc) is 3.35. The predicted molar refractivity (Wildman–Crippen MR) is 133 cm³/mol. The molecule has 1 amide bonds. The lowest BCUT2D eigenvalue weighted by atomic mass is 10.2. The number of nitrogens with one attached hydrogen (secondary N) is 1. The lowest BCUT2D eigenvalue weighted by Crippen LogP contribution is -2.19. The fraction of sp³-hybridized carbons (Fsp3) is 0.200. The molecular weight excluding hydrogens is 490 g/mol. The summed E-state index contributed by atoms with van der Waals surface area (Å²) in [5.41, 5.74) is 5.93. The maximum Gasteiger partial charge on any atom is 0.271 e. The maximum absolute atomic E-state index is 12.5. The van der Waals surface area contributed by atoms with E-state index in [0.29, 0.717) is 22.9 Å². The van der Waals surface area contributed by atoms with Crippen LogP contribution in [-0.4, -0.2) is 25.2 Å². The van der Waals surface area contributed by atoms with Crippen LogP contribution in [0.5, 0.6) is 5.75 Å². The number of carbonyl (C=O) groups excluding carboxylic acids is 1. The number of ether oxygens (including phenoxy) is 1. The Labute approximate surface area is 201 Å². The minimum atomic E-state index is -0.261. The Bertz CT molecular complexity index is 1110. The number of hydrogen-bond acceptors (Lipinski definition) is 4. The number of nitrogens with zero attached hydrogens (tertiary/aromatic N) is 2. The molecule has 1 heterocycles. The minimum Gasteiger partial charge on any atom is -0.488 e. The monoisotopic (exact) mass is 511 g/mol. The molecule has 0 unspecified atom stereocenters. The van der Waals surface area contributed by atoms with Crippen molar-refractivity contribution < 1.29 is 9.53 Å². The summed E-state index contributed by atoms with van der Waals surface area (Å²) in [5.74, 6) is 0.379. The number of rotatable bonds is 7. The first-order chi connectivity index (χ1) is 15.6. The molecule has 4 rings (SSSR count). The molecule has 1 N–H and O–H groups in total. The number of halogens is 2. The molecule has 7 heteroatoms. The van der Waals surface area contributed by atoms with Crippen LogP contribution in [0.2, 0.25) is 5.02 Å². The first kappa shape index (κ1) is 22.4. The second-order valence-corrected chi connectivity index (χ2v) is 8.83. The molecule has 0 radical (unpaired) electrons. The van der Waals surface area contributed by atoms with Crippen molar-refractivity contribution in [2.24, 2.45) is 5.10 Å². The van der Waals surface area contributed by atoms with Crippen molar-refractivity contribution in [3.05, 3.63) is 92.9 Å². The van der Waals surface area contributed by atoms with E-state index in [1.54, 1.807) is 6.21 Å². The van der Waals surface area contributed by atoms with Crippen molar-refractivity contribution in [2.45, 2.75) is 19.4 Å². The second kappa shape index (κ2) is 10.7. The summed E-state index contributed by atoms with van der Waals surface area (Å²) in [7, 11) is 0. The molecule has 0 saturated carbocycles. The highest BCUT2D eigenvalue weighted by Gasteiger charge is 2.13. The zero-order valence-electron chi connectivity index (χ0n) is 17.4. The average molecular weight is 513 g/mol. The number of hydrazone groups is 1. The van der Waals surface area contributed by atoms with Gasteiger partial charge in [-0.05, 0) is 61.4 Å². The number of carbonyl (C=O) groups is 1. The number of anilines is 1. The quantitative estimate of drug-likeness (QED) is 0.310. The molecule has 3 aromatic rings. The highest BCUT2D eigenvalue weighted by atomic mass is 79.9. The molecule has 0 atom stereocenters. The van der Waals surface area contributed by atoms with Gasteiger partial charge in [-0.25, -0.2) is 5.43 Å². The van der Waals surface area contributed by atoms with Gasteiger partial charge in [-0.2, -0.15) is 5.10 Å². The third-order valence-corrected chi connectivity index (χ3v) is 6.15. The first-order valence-electron chi connectivity index (χ1n) is 10.4. The molecule has 1 aliphatic rings. The Morgan fingerprint density at radius 3 is 2.59 bits per heavy atom. The summed E-state index contributed by atoms with van der Waals surface area (Å²) < 4.78 is 6.83. The van der Waals surface area contributed by atoms with E-state index in [-0.39, 0.29) is 5.91 Å². The van der Waals surface area contributed by atoms with Gasteiger partial charge in [0.05, 0.1) is 6.21 Å². The molecule has 1 saturated heterocycles. The van der Waals surface area contributed by atoms with Gasteiger partial charge in [-0.15, -0.1) is 0 Å². The third-order valence-electron chi connectivity index (χ3n) is 5.28. The third kappa shape index (κ3) is 5.69. The molecule has 164 valence electrons. The summed E-state index contributed by atoms with van der Waals surface area (Å²) in [5, 5.41) is 4.79. The Kier molecular flexibility index (Phi) is 7.45. The summed E-state index contributed by atoms with van der Waals surface area (Å²) >= 11 is 9.68. The summed E-state index contributed by atoms with van der Waals surface area (Å²) in [6, 6.07) is 20.8. The van der Waals surface area contributed by atoms with Gasteiger partial charge in [0.1, 0.15) is 12.4 Å². The van der Waals surface area contributed by atoms with Gasteiger partial charge in [-0.1, -0.05) is 45.7 Å². The Morgan fingerprint density at radius 2 is 1.84 bits per heavy atom. The molecule has 0 bridgehead atoms. The van der Waals surface area contributed by atoms with Crippen LogP contribution in [0.3, 0.4) is 0 Å². The maximum atomic E-state index is 12.5. The summed E-state index contributed by atoms with van der Waals surface area (Å²) in [4.78, 5) is 14.8. The summed E-state index contributed by atoms with van der Waals surface area (Å²) in [6.07, 6.45) is 4.01. The Balaban J connectivity index is 1.39. The van der Waals surface area contributed by atoms with Gasteiger partial charge >= 0.3 is 0 Å². The van der Waals surface area contributed by atoms with Crippen molar-refractivity contribution in [3.63, 3.8) is 0 Å². The van der Waals surface area contributed by atoms with E-state index in [9.17, 15) is 4.79 Å². The lowest BCUT2D eigenvalue weighted by molar-refractivity contribution is 0.0955. The zero-order valence-corrected chi connectivity index (χ0v) is 19.8. The summed E-state index contributed by atoms with van der Waals surface area (Å²) in [6.45, 7) is 2.48. The van der Waals surface area contributed by atoms with E-state index >= 15 is 0 Å². The van der Waals surface area contributed by atoms with Crippen LogP contribution < -0.4 is 15.1 Å². The number of benzene rings is 3. The smallest absolute Gasteiger partial charge is 0.271 e. The SMILES string of the molecule is O=C(N/N=C\c1cc(Br)ccc1OCc1ccccc1Cl)c1ccc(N2CCCC2)cc1. The van der Waals surface area contributed by atoms with Gasteiger partial charge in [0.25, 0.3) is 5.91 Å². The van der Waals surface area contributed by atoms with Crippen molar-refractivity contribution in [1.82, 2.24) is 5.43 Å². The fourth-order valence-electron chi connectivity index (χ4n) is 3.55. The Hall–Kier alpha value is -2.83. The van der Waals surface area contributed by atoms with E-state index < -0.39 is 0 Å². The highest BCUT2D eigenvalue weighted by Crippen LogP contribution is 2.24. The molecule has 0 aliphatic carbocycles. The molecule has 1 fully saturated rings. The molecule has 1 aliphatic heterocycles. The molecule has 0 spiro atoms. The van der Waals surface area contributed by atoms with E-state index in [1.165, 1.54) is 12.8 Å². The van der Waals surface area contributed by atoms with Gasteiger partial charge in [0.2, 0.25) is 0 Å². The second-order valence-electron chi connectivity index (χ2n) is 7.50. The van der Waals surface area contributed by atoms with Crippen LogP contribution in [0.4, 0.5) is 5.69 Å².